The van der Waals surface area contributed by atoms with E-state index in [-0.39, 0.29) is 18.1 Å². The van der Waals surface area contributed by atoms with Gasteiger partial charge in [0, 0.05) is 31.2 Å². The van der Waals surface area contributed by atoms with E-state index in [1.807, 2.05) is 25.7 Å². The summed E-state index contributed by atoms with van der Waals surface area (Å²) in [4.78, 5) is 2.01. The first-order valence-electron chi connectivity index (χ1n) is 6.37. The highest BCUT2D eigenvalue weighted by atomic mass is 16.4. The van der Waals surface area contributed by atoms with Crippen LogP contribution in [-0.2, 0) is 5.41 Å². The fourth-order valence-corrected chi connectivity index (χ4v) is 2.17. The van der Waals surface area contributed by atoms with Crippen LogP contribution < -0.4 is 10.6 Å². The lowest BCUT2D eigenvalue weighted by molar-refractivity contribution is 0.256. The van der Waals surface area contributed by atoms with Crippen LogP contribution in [-0.4, -0.2) is 41.0 Å². The number of hydrogen-bond acceptors (Lipinski definition) is 6. The van der Waals surface area contributed by atoms with Gasteiger partial charge in [-0.05, 0) is 12.3 Å². The SMILES string of the molecule is CC(C)(C)c1nnc(N2C[C@H](CCO)[C@@H](N)C2)o1. The summed E-state index contributed by atoms with van der Waals surface area (Å²) in [5, 5.41) is 17.2. The first-order chi connectivity index (χ1) is 8.41. The smallest absolute Gasteiger partial charge is 0.318 e. The van der Waals surface area contributed by atoms with Crippen molar-refractivity contribution in [3.05, 3.63) is 5.89 Å². The van der Waals surface area contributed by atoms with Crippen LogP contribution in [0.5, 0.6) is 0 Å². The molecule has 0 radical (unpaired) electrons. The predicted octanol–water partition coefficient (Wildman–Crippen LogP) is 0.513. The Balaban J connectivity index is 2.07. The molecule has 0 spiro atoms. The van der Waals surface area contributed by atoms with Crippen LogP contribution in [0.3, 0.4) is 0 Å². The normalized spacial score (nSPS) is 24.8. The van der Waals surface area contributed by atoms with E-state index in [1.165, 1.54) is 0 Å². The number of rotatable bonds is 3. The molecule has 2 rings (SSSR count). The van der Waals surface area contributed by atoms with Crippen molar-refractivity contribution >= 4 is 6.01 Å². The van der Waals surface area contributed by atoms with E-state index in [2.05, 4.69) is 10.2 Å². The van der Waals surface area contributed by atoms with Crippen LogP contribution in [0.4, 0.5) is 6.01 Å². The molecule has 1 aliphatic rings. The van der Waals surface area contributed by atoms with Crippen LogP contribution in [0.15, 0.2) is 4.42 Å². The number of anilines is 1. The first-order valence-corrected chi connectivity index (χ1v) is 6.37. The average Bonchev–Trinajstić information content (AvgIpc) is 2.85. The van der Waals surface area contributed by atoms with Gasteiger partial charge < -0.3 is 20.2 Å². The highest BCUT2D eigenvalue weighted by Crippen LogP contribution is 2.27. The van der Waals surface area contributed by atoms with E-state index in [0.717, 1.165) is 13.0 Å². The fraction of sp³-hybridized carbons (Fsp3) is 0.833. The zero-order valence-electron chi connectivity index (χ0n) is 11.3. The number of hydrogen-bond donors (Lipinski definition) is 2. The van der Waals surface area contributed by atoms with Crippen LogP contribution in [0.2, 0.25) is 0 Å². The molecule has 6 heteroatoms. The van der Waals surface area contributed by atoms with Crippen molar-refractivity contribution in [1.82, 2.24) is 10.2 Å². The molecule has 18 heavy (non-hydrogen) atoms. The number of nitrogens with zero attached hydrogens (tertiary/aromatic N) is 3. The van der Waals surface area contributed by atoms with Crippen LogP contribution in [0.25, 0.3) is 0 Å². The Morgan fingerprint density at radius 2 is 2.11 bits per heavy atom. The highest BCUT2D eigenvalue weighted by molar-refractivity contribution is 5.28. The van der Waals surface area contributed by atoms with Gasteiger partial charge >= 0.3 is 6.01 Å². The largest absolute Gasteiger partial charge is 0.407 e. The highest BCUT2D eigenvalue weighted by Gasteiger charge is 2.33. The quantitative estimate of drug-likeness (QED) is 0.817. The summed E-state index contributed by atoms with van der Waals surface area (Å²) < 4.78 is 5.69. The molecule has 0 saturated carbocycles. The molecular formula is C12H22N4O2. The van der Waals surface area contributed by atoms with Crippen molar-refractivity contribution in [1.29, 1.82) is 0 Å². The zero-order chi connectivity index (χ0) is 13.3. The summed E-state index contributed by atoms with van der Waals surface area (Å²) in [7, 11) is 0. The number of nitrogens with two attached hydrogens (primary N) is 1. The Kier molecular flexibility index (Phi) is 3.59. The van der Waals surface area contributed by atoms with Gasteiger partial charge in [0.25, 0.3) is 0 Å². The summed E-state index contributed by atoms with van der Waals surface area (Å²) in [6, 6.07) is 0.595. The van der Waals surface area contributed by atoms with E-state index >= 15 is 0 Å². The van der Waals surface area contributed by atoms with Gasteiger partial charge in [-0.15, -0.1) is 5.10 Å². The molecule has 1 saturated heterocycles. The van der Waals surface area contributed by atoms with E-state index in [0.29, 0.717) is 24.4 Å². The maximum atomic E-state index is 8.99. The van der Waals surface area contributed by atoms with E-state index < -0.39 is 0 Å². The van der Waals surface area contributed by atoms with Crippen molar-refractivity contribution in [2.24, 2.45) is 11.7 Å². The van der Waals surface area contributed by atoms with Crippen molar-refractivity contribution in [2.75, 3.05) is 24.6 Å². The number of aliphatic hydroxyl groups is 1. The molecule has 0 unspecified atom stereocenters. The molecule has 0 aliphatic carbocycles. The molecule has 2 heterocycles. The minimum Gasteiger partial charge on any atom is -0.407 e. The lowest BCUT2D eigenvalue weighted by Crippen LogP contribution is -2.30. The minimum absolute atomic E-state index is 0.0575. The van der Waals surface area contributed by atoms with Crippen molar-refractivity contribution in [2.45, 2.75) is 38.6 Å². The Hall–Kier alpha value is -1.14. The third-order valence-electron chi connectivity index (χ3n) is 3.32. The van der Waals surface area contributed by atoms with Gasteiger partial charge in [-0.2, -0.15) is 0 Å². The van der Waals surface area contributed by atoms with Crippen molar-refractivity contribution in [3.8, 4) is 0 Å². The molecule has 3 N–H and O–H groups in total. The van der Waals surface area contributed by atoms with Gasteiger partial charge in [0.05, 0.1) is 0 Å². The molecular weight excluding hydrogens is 232 g/mol. The third kappa shape index (κ3) is 2.64. The maximum absolute atomic E-state index is 8.99. The molecule has 102 valence electrons. The molecule has 0 bridgehead atoms. The third-order valence-corrected chi connectivity index (χ3v) is 3.32. The van der Waals surface area contributed by atoms with E-state index in [1.54, 1.807) is 0 Å². The summed E-state index contributed by atoms with van der Waals surface area (Å²) in [5.41, 5.74) is 5.90. The number of aliphatic hydroxyl groups excluding tert-OH is 1. The van der Waals surface area contributed by atoms with Gasteiger partial charge in [0.2, 0.25) is 5.89 Å². The van der Waals surface area contributed by atoms with E-state index in [4.69, 9.17) is 15.3 Å². The lowest BCUT2D eigenvalue weighted by atomic mass is 9.97. The summed E-state index contributed by atoms with van der Waals surface area (Å²) in [6.07, 6.45) is 0.720. The van der Waals surface area contributed by atoms with Gasteiger partial charge in [0.1, 0.15) is 0 Å². The second kappa shape index (κ2) is 4.85. The predicted molar refractivity (Wildman–Crippen MR) is 68.4 cm³/mol. The summed E-state index contributed by atoms with van der Waals surface area (Å²) >= 11 is 0. The molecule has 1 aromatic heterocycles. The second-order valence-electron chi connectivity index (χ2n) is 5.98. The van der Waals surface area contributed by atoms with Crippen LogP contribution >= 0.6 is 0 Å². The number of aromatic nitrogens is 2. The van der Waals surface area contributed by atoms with Gasteiger partial charge in [-0.3, -0.25) is 0 Å². The summed E-state index contributed by atoms with van der Waals surface area (Å²) in [6.45, 7) is 7.75. The topological polar surface area (TPSA) is 88.4 Å². The monoisotopic (exact) mass is 254 g/mol. The average molecular weight is 254 g/mol. The summed E-state index contributed by atoms with van der Waals surface area (Å²) in [5.74, 6) is 0.927. The fourth-order valence-electron chi connectivity index (χ4n) is 2.17. The van der Waals surface area contributed by atoms with Gasteiger partial charge in [0.15, 0.2) is 0 Å². The van der Waals surface area contributed by atoms with E-state index in [9.17, 15) is 0 Å². The molecule has 0 amide bonds. The first kappa shape index (κ1) is 13.3. The van der Waals surface area contributed by atoms with Crippen LogP contribution in [0, 0.1) is 5.92 Å². The maximum Gasteiger partial charge on any atom is 0.318 e. The second-order valence-corrected chi connectivity index (χ2v) is 5.98. The Morgan fingerprint density at radius 1 is 1.39 bits per heavy atom. The molecule has 2 atom stereocenters. The van der Waals surface area contributed by atoms with Gasteiger partial charge in [-0.1, -0.05) is 25.9 Å². The molecule has 1 aliphatic heterocycles. The Labute approximate surface area is 107 Å². The van der Waals surface area contributed by atoms with Crippen molar-refractivity contribution in [3.63, 3.8) is 0 Å². The van der Waals surface area contributed by atoms with Gasteiger partial charge in [-0.25, -0.2) is 0 Å². The van der Waals surface area contributed by atoms with Crippen molar-refractivity contribution < 1.29 is 9.52 Å². The Morgan fingerprint density at radius 3 is 2.67 bits per heavy atom. The lowest BCUT2D eigenvalue weighted by Gasteiger charge is -2.14. The molecule has 6 nitrogen and oxygen atoms in total. The minimum atomic E-state index is -0.141. The molecule has 1 aromatic rings. The molecule has 1 fully saturated rings. The standard InChI is InChI=1S/C12H22N4O2/c1-12(2,3)10-14-15-11(18-10)16-6-8(4-5-17)9(13)7-16/h8-9,17H,4-7,13H2,1-3H3/t8-,9-/m0/s1. The van der Waals surface area contributed by atoms with Crippen LogP contribution in [0.1, 0.15) is 33.1 Å². The zero-order valence-corrected chi connectivity index (χ0v) is 11.3. The Bertz CT molecular complexity index is 399. The molecule has 0 aromatic carbocycles.